The maximum absolute atomic E-state index is 13.7. The number of thioether (sulfide) groups is 1. The van der Waals surface area contributed by atoms with E-state index in [9.17, 15) is 22.8 Å². The van der Waals surface area contributed by atoms with Gasteiger partial charge in [-0.2, -0.15) is 8.42 Å². The van der Waals surface area contributed by atoms with Crippen LogP contribution in [0.4, 0.5) is 0 Å². The van der Waals surface area contributed by atoms with Crippen LogP contribution >= 0.6 is 11.8 Å². The average Bonchev–Trinajstić information content (AvgIpc) is 2.98. The van der Waals surface area contributed by atoms with E-state index in [-0.39, 0.29) is 23.8 Å². The minimum Gasteiger partial charge on any atom is -0.484 e. The minimum absolute atomic E-state index is 0.0415. The summed E-state index contributed by atoms with van der Waals surface area (Å²) in [7, 11) is -4.03. The number of carbonyl (C=O) groups excluding carboxylic acids is 3. The SMILES string of the molecule is CS(=O)(=O)OC1=C(C(=O)OC(c2ccccc2)c2ccccc2)N2C(=O)[C@@H](NC(=O)COc3ccccc3)[C@@H]2SC1. The van der Waals surface area contributed by atoms with Crippen LogP contribution in [0.2, 0.25) is 0 Å². The monoisotopic (exact) mass is 594 g/mol. The number of hydrogen-bond acceptors (Lipinski definition) is 9. The first-order valence-corrected chi connectivity index (χ1v) is 15.4. The number of hydrogen-bond donors (Lipinski definition) is 1. The molecule has 2 heterocycles. The van der Waals surface area contributed by atoms with Crippen LogP contribution in [-0.4, -0.2) is 61.1 Å². The van der Waals surface area contributed by atoms with Crippen molar-refractivity contribution in [2.45, 2.75) is 17.5 Å². The van der Waals surface area contributed by atoms with Gasteiger partial charge >= 0.3 is 16.1 Å². The second-order valence-corrected chi connectivity index (χ2v) is 11.9. The van der Waals surface area contributed by atoms with Gasteiger partial charge in [-0.05, 0) is 23.3 Å². The maximum atomic E-state index is 13.7. The minimum atomic E-state index is -4.03. The third-order valence-electron chi connectivity index (χ3n) is 6.24. The normalized spacial score (nSPS) is 18.3. The molecule has 41 heavy (non-hydrogen) atoms. The lowest BCUT2D eigenvalue weighted by Crippen LogP contribution is -2.71. The second kappa shape index (κ2) is 12.1. The zero-order valence-electron chi connectivity index (χ0n) is 21.8. The Labute approximate surface area is 241 Å². The van der Waals surface area contributed by atoms with Gasteiger partial charge in [0.05, 0.1) is 12.0 Å². The molecule has 5 rings (SSSR count). The van der Waals surface area contributed by atoms with Gasteiger partial charge in [-0.1, -0.05) is 78.9 Å². The van der Waals surface area contributed by atoms with Gasteiger partial charge in [-0.3, -0.25) is 14.5 Å². The van der Waals surface area contributed by atoms with E-state index in [1.54, 1.807) is 72.8 Å². The van der Waals surface area contributed by atoms with E-state index in [2.05, 4.69) is 5.32 Å². The van der Waals surface area contributed by atoms with E-state index in [0.717, 1.165) is 22.9 Å². The fraction of sp³-hybridized carbons (Fsp3) is 0.207. The molecule has 212 valence electrons. The van der Waals surface area contributed by atoms with E-state index in [4.69, 9.17) is 13.7 Å². The molecule has 1 fully saturated rings. The molecular formula is C29H26N2O8S2. The Balaban J connectivity index is 1.37. The van der Waals surface area contributed by atoms with Gasteiger partial charge in [0.1, 0.15) is 17.2 Å². The number of para-hydroxylation sites is 1. The Hall–Kier alpha value is -4.29. The second-order valence-electron chi connectivity index (χ2n) is 9.22. The van der Waals surface area contributed by atoms with Gasteiger partial charge in [0.25, 0.3) is 11.8 Å². The lowest BCUT2D eigenvalue weighted by atomic mass is 10.0. The van der Waals surface area contributed by atoms with Gasteiger partial charge in [0.2, 0.25) is 0 Å². The summed E-state index contributed by atoms with van der Waals surface area (Å²) in [5, 5.41) is 1.96. The van der Waals surface area contributed by atoms with Crippen molar-refractivity contribution in [1.29, 1.82) is 0 Å². The quantitative estimate of drug-likeness (QED) is 0.214. The number of carbonyl (C=O) groups is 3. The standard InChI is InChI=1S/C29H26N2O8S2/c1-41(35,36)39-22-18-40-28-24(30-23(32)17-37-21-15-9-4-10-16-21)27(33)31(28)25(22)29(34)38-26(19-11-5-2-6-12-19)20-13-7-3-8-14-20/h2-16,24,26,28H,17-18H2,1H3,(H,30,32)/t24-,28+/m1/s1. The zero-order valence-corrected chi connectivity index (χ0v) is 23.5. The summed E-state index contributed by atoms with van der Waals surface area (Å²) in [5.74, 6) is -1.82. The van der Waals surface area contributed by atoms with Crippen LogP contribution in [0.3, 0.4) is 0 Å². The first-order valence-electron chi connectivity index (χ1n) is 12.6. The predicted octanol–water partition coefficient (Wildman–Crippen LogP) is 2.99. The lowest BCUT2D eigenvalue weighted by molar-refractivity contribution is -0.155. The number of ether oxygens (including phenoxy) is 2. The fourth-order valence-corrected chi connectivity index (χ4v) is 6.29. The Morgan fingerprint density at radius 1 is 0.951 bits per heavy atom. The largest absolute Gasteiger partial charge is 0.484 e. The number of fused-ring (bicyclic) bond motifs is 1. The van der Waals surface area contributed by atoms with E-state index < -0.39 is 45.4 Å². The fourth-order valence-electron chi connectivity index (χ4n) is 4.46. The summed E-state index contributed by atoms with van der Waals surface area (Å²) in [5.41, 5.74) is 1.05. The van der Waals surface area contributed by atoms with Gasteiger partial charge < -0.3 is 19.0 Å². The Morgan fingerprint density at radius 3 is 2.07 bits per heavy atom. The molecule has 3 aromatic carbocycles. The molecule has 2 amide bonds. The number of nitrogens with one attached hydrogen (secondary N) is 1. The van der Waals surface area contributed by atoms with E-state index >= 15 is 0 Å². The van der Waals surface area contributed by atoms with Crippen LogP contribution in [0.25, 0.3) is 0 Å². The summed E-state index contributed by atoms with van der Waals surface area (Å²) in [6.45, 7) is -0.311. The molecule has 0 spiro atoms. The summed E-state index contributed by atoms with van der Waals surface area (Å²) >= 11 is 1.16. The van der Waals surface area contributed by atoms with Crippen molar-refractivity contribution in [2.24, 2.45) is 0 Å². The summed E-state index contributed by atoms with van der Waals surface area (Å²) in [6.07, 6.45) is 0.0105. The molecule has 0 bridgehead atoms. The van der Waals surface area contributed by atoms with Crippen molar-refractivity contribution in [3.63, 3.8) is 0 Å². The number of amides is 2. The molecule has 2 atom stereocenters. The third kappa shape index (κ3) is 6.55. The Morgan fingerprint density at radius 2 is 1.51 bits per heavy atom. The Kier molecular flexibility index (Phi) is 8.31. The van der Waals surface area contributed by atoms with Crippen molar-refractivity contribution in [3.05, 3.63) is 114 Å². The maximum Gasteiger partial charge on any atom is 0.359 e. The van der Waals surface area contributed by atoms with Crippen molar-refractivity contribution < 1.29 is 36.5 Å². The summed E-state index contributed by atoms with van der Waals surface area (Å²) in [4.78, 5) is 40.6. The van der Waals surface area contributed by atoms with Crippen LogP contribution in [0.15, 0.2) is 102 Å². The van der Waals surface area contributed by atoms with E-state index in [1.807, 2.05) is 18.2 Å². The Bertz CT molecular complexity index is 1520. The van der Waals surface area contributed by atoms with Crippen molar-refractivity contribution >= 4 is 39.7 Å². The molecule has 1 N–H and O–H groups in total. The highest BCUT2D eigenvalue weighted by atomic mass is 32.2. The number of β-lactam (4-membered cyclic amide) rings is 1. The van der Waals surface area contributed by atoms with Gasteiger partial charge in [0, 0.05) is 0 Å². The van der Waals surface area contributed by atoms with Crippen molar-refractivity contribution in [1.82, 2.24) is 10.2 Å². The van der Waals surface area contributed by atoms with Crippen LogP contribution < -0.4 is 10.1 Å². The zero-order chi connectivity index (χ0) is 29.0. The molecule has 0 radical (unpaired) electrons. The van der Waals surface area contributed by atoms with Crippen LogP contribution in [0.1, 0.15) is 17.2 Å². The van der Waals surface area contributed by atoms with Crippen LogP contribution in [0.5, 0.6) is 5.75 Å². The predicted molar refractivity (Wildman–Crippen MR) is 151 cm³/mol. The number of esters is 1. The van der Waals surface area contributed by atoms with Gasteiger partial charge in [-0.25, -0.2) is 4.79 Å². The van der Waals surface area contributed by atoms with Crippen LogP contribution in [-0.2, 0) is 33.4 Å². The first-order chi connectivity index (χ1) is 19.7. The highest BCUT2D eigenvalue weighted by Gasteiger charge is 2.55. The molecule has 12 heteroatoms. The topological polar surface area (TPSA) is 128 Å². The lowest BCUT2D eigenvalue weighted by Gasteiger charge is -2.49. The molecule has 0 unspecified atom stereocenters. The molecule has 0 aromatic heterocycles. The molecule has 2 aliphatic heterocycles. The summed E-state index contributed by atoms with van der Waals surface area (Å²) < 4.78 is 40.6. The number of nitrogens with zero attached hydrogens (tertiary/aromatic N) is 1. The number of benzene rings is 3. The van der Waals surface area contributed by atoms with Gasteiger partial charge in [-0.15, -0.1) is 11.8 Å². The summed E-state index contributed by atoms with van der Waals surface area (Å²) in [6, 6.07) is 25.8. The molecule has 3 aromatic rings. The molecule has 1 saturated heterocycles. The highest BCUT2D eigenvalue weighted by Crippen LogP contribution is 2.42. The van der Waals surface area contributed by atoms with Gasteiger partial charge in [0.15, 0.2) is 24.2 Å². The molecular weight excluding hydrogens is 568 g/mol. The highest BCUT2D eigenvalue weighted by molar-refractivity contribution is 8.00. The van der Waals surface area contributed by atoms with Crippen molar-refractivity contribution in [3.8, 4) is 5.75 Å². The molecule has 10 nitrogen and oxygen atoms in total. The van der Waals surface area contributed by atoms with Crippen LogP contribution in [0, 0.1) is 0 Å². The molecule has 2 aliphatic rings. The number of rotatable bonds is 10. The third-order valence-corrected chi connectivity index (χ3v) is 8.00. The first kappa shape index (κ1) is 28.2. The van der Waals surface area contributed by atoms with E-state index in [0.29, 0.717) is 16.9 Å². The van der Waals surface area contributed by atoms with E-state index in [1.165, 1.54) is 0 Å². The molecule has 0 saturated carbocycles. The average molecular weight is 595 g/mol. The smallest absolute Gasteiger partial charge is 0.359 e. The van der Waals surface area contributed by atoms with Crippen molar-refractivity contribution in [2.75, 3.05) is 18.6 Å². The molecule has 0 aliphatic carbocycles.